The van der Waals surface area contributed by atoms with Crippen LogP contribution in [0.4, 0.5) is 4.39 Å². The van der Waals surface area contributed by atoms with Crippen molar-refractivity contribution in [2.75, 3.05) is 20.8 Å². The van der Waals surface area contributed by atoms with Crippen molar-refractivity contribution in [2.45, 2.75) is 18.9 Å². The maximum Gasteiger partial charge on any atom is 0.258 e. The minimum atomic E-state index is -0.320. The largest absolute Gasteiger partial charge is 0.493 e. The van der Waals surface area contributed by atoms with Gasteiger partial charge in [-0.2, -0.15) is 4.98 Å². The van der Waals surface area contributed by atoms with Crippen LogP contribution < -0.4 is 9.47 Å². The standard InChI is InChI=1S/C21H20FN3O4/c1-27-17-8-7-13(9-18(17)28-2)21-23-20(24-29-21)15-10-19(26)25(12-15)11-14-5-3-4-6-16(14)22/h3-9,15H,10-12H2,1-2H3. The van der Waals surface area contributed by atoms with E-state index in [1.807, 2.05) is 0 Å². The number of ether oxygens (including phenoxy) is 2. The van der Waals surface area contributed by atoms with Crippen LogP contribution in [0.2, 0.25) is 0 Å². The molecule has 1 amide bonds. The lowest BCUT2D eigenvalue weighted by molar-refractivity contribution is -0.128. The maximum absolute atomic E-state index is 13.9. The number of carbonyl (C=O) groups excluding carboxylic acids is 1. The summed E-state index contributed by atoms with van der Waals surface area (Å²) in [5, 5.41) is 4.06. The van der Waals surface area contributed by atoms with E-state index in [9.17, 15) is 9.18 Å². The lowest BCUT2D eigenvalue weighted by Gasteiger charge is -2.16. The molecule has 4 rings (SSSR count). The highest BCUT2D eigenvalue weighted by Crippen LogP contribution is 2.33. The average Bonchev–Trinajstić information content (AvgIpc) is 3.36. The summed E-state index contributed by atoms with van der Waals surface area (Å²) >= 11 is 0. The molecule has 1 unspecified atom stereocenters. The van der Waals surface area contributed by atoms with Gasteiger partial charge in [0, 0.05) is 36.6 Å². The van der Waals surface area contributed by atoms with Crippen molar-refractivity contribution >= 4 is 5.91 Å². The third-order valence-corrected chi connectivity index (χ3v) is 4.97. The molecule has 0 saturated carbocycles. The number of benzene rings is 2. The summed E-state index contributed by atoms with van der Waals surface area (Å²) in [7, 11) is 3.11. The first kappa shape index (κ1) is 18.9. The molecule has 3 aromatic rings. The van der Waals surface area contributed by atoms with E-state index in [-0.39, 0.29) is 30.6 Å². The van der Waals surface area contributed by atoms with Gasteiger partial charge in [0.15, 0.2) is 17.3 Å². The van der Waals surface area contributed by atoms with Crippen LogP contribution in [0.15, 0.2) is 47.0 Å². The zero-order valence-electron chi connectivity index (χ0n) is 16.1. The topological polar surface area (TPSA) is 77.7 Å². The molecule has 1 aliphatic rings. The molecule has 1 atom stereocenters. The first-order valence-electron chi connectivity index (χ1n) is 9.16. The predicted molar refractivity (Wildman–Crippen MR) is 102 cm³/mol. The molecule has 0 spiro atoms. The Morgan fingerprint density at radius 3 is 2.72 bits per heavy atom. The molecule has 0 bridgehead atoms. The summed E-state index contributed by atoms with van der Waals surface area (Å²) in [6, 6.07) is 11.8. The molecule has 29 heavy (non-hydrogen) atoms. The number of likely N-dealkylation sites (tertiary alicyclic amines) is 1. The number of nitrogens with zero attached hydrogens (tertiary/aromatic N) is 3. The van der Waals surface area contributed by atoms with Gasteiger partial charge >= 0.3 is 0 Å². The highest BCUT2D eigenvalue weighted by molar-refractivity contribution is 5.79. The number of hydrogen-bond donors (Lipinski definition) is 0. The van der Waals surface area contributed by atoms with Gasteiger partial charge in [-0.05, 0) is 24.3 Å². The average molecular weight is 397 g/mol. The van der Waals surface area contributed by atoms with E-state index in [1.54, 1.807) is 55.5 Å². The summed E-state index contributed by atoms with van der Waals surface area (Å²) in [5.41, 5.74) is 1.18. The van der Waals surface area contributed by atoms with Gasteiger partial charge < -0.3 is 18.9 Å². The van der Waals surface area contributed by atoms with Gasteiger partial charge in [-0.15, -0.1) is 0 Å². The van der Waals surface area contributed by atoms with Crippen LogP contribution in [-0.2, 0) is 11.3 Å². The van der Waals surface area contributed by atoms with E-state index in [4.69, 9.17) is 14.0 Å². The molecule has 0 radical (unpaired) electrons. The van der Waals surface area contributed by atoms with Crippen LogP contribution in [0.3, 0.4) is 0 Å². The number of aromatic nitrogens is 2. The van der Waals surface area contributed by atoms with Crippen LogP contribution in [0.5, 0.6) is 11.5 Å². The summed E-state index contributed by atoms with van der Waals surface area (Å²) in [6.07, 6.45) is 0.263. The highest BCUT2D eigenvalue weighted by atomic mass is 19.1. The number of carbonyl (C=O) groups is 1. The molecule has 0 N–H and O–H groups in total. The number of halogens is 1. The molecule has 1 saturated heterocycles. The molecule has 8 heteroatoms. The molecule has 1 fully saturated rings. The SMILES string of the molecule is COc1ccc(-c2nc(C3CC(=O)N(Cc4ccccc4F)C3)no2)cc1OC. The molecule has 7 nitrogen and oxygen atoms in total. The Morgan fingerprint density at radius 1 is 1.17 bits per heavy atom. The Balaban J connectivity index is 1.50. The monoisotopic (exact) mass is 397 g/mol. The van der Waals surface area contributed by atoms with Crippen molar-refractivity contribution < 1.29 is 23.2 Å². The van der Waals surface area contributed by atoms with E-state index < -0.39 is 0 Å². The Hall–Kier alpha value is -3.42. The van der Waals surface area contributed by atoms with Crippen molar-refractivity contribution in [1.82, 2.24) is 15.0 Å². The van der Waals surface area contributed by atoms with Crippen LogP contribution >= 0.6 is 0 Å². The Kier molecular flexibility index (Phi) is 5.16. The fraction of sp³-hybridized carbons (Fsp3) is 0.286. The van der Waals surface area contributed by atoms with Gasteiger partial charge in [-0.1, -0.05) is 23.4 Å². The summed E-state index contributed by atoms with van der Waals surface area (Å²) in [6.45, 7) is 0.639. The van der Waals surface area contributed by atoms with Crippen LogP contribution in [-0.4, -0.2) is 41.7 Å². The maximum atomic E-state index is 13.9. The van der Waals surface area contributed by atoms with Crippen molar-refractivity contribution in [3.8, 4) is 23.0 Å². The van der Waals surface area contributed by atoms with Crippen molar-refractivity contribution in [2.24, 2.45) is 0 Å². The van der Waals surface area contributed by atoms with Crippen molar-refractivity contribution in [3.63, 3.8) is 0 Å². The molecular weight excluding hydrogens is 377 g/mol. The van der Waals surface area contributed by atoms with E-state index in [0.29, 0.717) is 40.9 Å². The number of methoxy groups -OCH3 is 2. The zero-order valence-corrected chi connectivity index (χ0v) is 16.1. The third-order valence-electron chi connectivity index (χ3n) is 4.97. The second-order valence-corrected chi connectivity index (χ2v) is 6.79. The van der Waals surface area contributed by atoms with Gasteiger partial charge in [-0.25, -0.2) is 4.39 Å². The fourth-order valence-electron chi connectivity index (χ4n) is 3.42. The molecule has 1 aliphatic heterocycles. The van der Waals surface area contributed by atoms with Crippen LogP contribution in [0, 0.1) is 5.82 Å². The molecule has 0 aliphatic carbocycles. The van der Waals surface area contributed by atoms with Crippen molar-refractivity contribution in [1.29, 1.82) is 0 Å². The minimum absolute atomic E-state index is 0.0595. The Morgan fingerprint density at radius 2 is 1.97 bits per heavy atom. The van der Waals surface area contributed by atoms with Gasteiger partial charge in [0.25, 0.3) is 5.89 Å². The number of rotatable bonds is 6. The highest BCUT2D eigenvalue weighted by Gasteiger charge is 2.34. The Labute approximate surface area is 167 Å². The van der Waals surface area contributed by atoms with Gasteiger partial charge in [0.1, 0.15) is 5.82 Å². The molecule has 2 heterocycles. The summed E-state index contributed by atoms with van der Waals surface area (Å²) < 4.78 is 29.8. The van der Waals surface area contributed by atoms with Crippen LogP contribution in [0.25, 0.3) is 11.5 Å². The van der Waals surface area contributed by atoms with Crippen LogP contribution in [0.1, 0.15) is 23.7 Å². The molecule has 1 aromatic heterocycles. The first-order valence-corrected chi connectivity index (χ1v) is 9.16. The lowest BCUT2D eigenvalue weighted by Crippen LogP contribution is -2.25. The van der Waals surface area contributed by atoms with Gasteiger partial charge in [-0.3, -0.25) is 4.79 Å². The quantitative estimate of drug-likeness (QED) is 0.634. The van der Waals surface area contributed by atoms with Gasteiger partial charge in [0.05, 0.1) is 14.2 Å². The number of amides is 1. The van der Waals surface area contributed by atoms with E-state index in [0.717, 1.165) is 0 Å². The second-order valence-electron chi connectivity index (χ2n) is 6.79. The summed E-state index contributed by atoms with van der Waals surface area (Å²) in [4.78, 5) is 18.5. The Bertz CT molecular complexity index is 1040. The zero-order chi connectivity index (χ0) is 20.4. The lowest BCUT2D eigenvalue weighted by atomic mass is 10.1. The molecule has 150 valence electrons. The second kappa shape index (κ2) is 7.90. The van der Waals surface area contributed by atoms with E-state index in [1.165, 1.54) is 6.07 Å². The first-order chi connectivity index (χ1) is 14.1. The normalized spacial score (nSPS) is 16.3. The fourth-order valence-corrected chi connectivity index (χ4v) is 3.42. The van der Waals surface area contributed by atoms with Gasteiger partial charge in [0.2, 0.25) is 5.91 Å². The minimum Gasteiger partial charge on any atom is -0.493 e. The molecular formula is C21H20FN3O4. The molecule has 2 aromatic carbocycles. The van der Waals surface area contributed by atoms with E-state index >= 15 is 0 Å². The predicted octanol–water partition coefficient (Wildman–Crippen LogP) is 3.41. The third kappa shape index (κ3) is 3.78. The smallest absolute Gasteiger partial charge is 0.258 e. The number of hydrogen-bond acceptors (Lipinski definition) is 6. The van der Waals surface area contributed by atoms with E-state index in [2.05, 4.69) is 10.1 Å². The van der Waals surface area contributed by atoms with Crippen molar-refractivity contribution in [3.05, 3.63) is 59.7 Å². The summed E-state index contributed by atoms with van der Waals surface area (Å²) in [5.74, 6) is 1.36.